The van der Waals surface area contributed by atoms with Gasteiger partial charge in [-0.1, -0.05) is 11.6 Å². The number of amides is 1. The van der Waals surface area contributed by atoms with E-state index in [9.17, 15) is 4.79 Å². The van der Waals surface area contributed by atoms with Crippen LogP contribution in [0.5, 0.6) is 0 Å². The first kappa shape index (κ1) is 14.0. The fraction of sp³-hybridized carbons (Fsp3) is 0.214. The summed E-state index contributed by atoms with van der Waals surface area (Å²) in [5, 5.41) is 3.62. The number of halogens is 1. The van der Waals surface area contributed by atoms with E-state index in [0.29, 0.717) is 13.0 Å². The van der Waals surface area contributed by atoms with Gasteiger partial charge in [-0.25, -0.2) is 0 Å². The zero-order chi connectivity index (χ0) is 13.5. The Hall–Kier alpha value is -1.39. The molecule has 0 unspecified atom stereocenters. The van der Waals surface area contributed by atoms with Crippen molar-refractivity contribution in [3.63, 3.8) is 0 Å². The van der Waals surface area contributed by atoms with Gasteiger partial charge in [-0.05, 0) is 35.9 Å². The largest absolute Gasteiger partial charge is 0.367 e. The molecule has 0 fully saturated rings. The quantitative estimate of drug-likeness (QED) is 0.801. The van der Waals surface area contributed by atoms with Gasteiger partial charge in [-0.15, -0.1) is 11.8 Å². The fourth-order valence-electron chi connectivity index (χ4n) is 1.55. The molecule has 100 valence electrons. The molecule has 1 heterocycles. The van der Waals surface area contributed by atoms with Gasteiger partial charge in [0, 0.05) is 41.0 Å². The van der Waals surface area contributed by atoms with Crippen LogP contribution in [0.15, 0.2) is 47.6 Å². The van der Waals surface area contributed by atoms with E-state index < -0.39 is 0 Å². The summed E-state index contributed by atoms with van der Waals surface area (Å²) in [4.78, 5) is 15.7. The number of H-pyrrole nitrogens is 1. The van der Waals surface area contributed by atoms with Crippen molar-refractivity contribution in [1.29, 1.82) is 0 Å². The van der Waals surface area contributed by atoms with Crippen molar-refractivity contribution in [1.82, 2.24) is 10.3 Å². The van der Waals surface area contributed by atoms with E-state index in [1.807, 2.05) is 42.7 Å². The van der Waals surface area contributed by atoms with Crippen LogP contribution in [0.25, 0.3) is 0 Å². The topological polar surface area (TPSA) is 44.9 Å². The van der Waals surface area contributed by atoms with Crippen LogP contribution in [0, 0.1) is 0 Å². The Labute approximate surface area is 121 Å². The van der Waals surface area contributed by atoms with Gasteiger partial charge in [0.15, 0.2) is 0 Å². The number of carbonyl (C=O) groups excluding carboxylic acids is 1. The van der Waals surface area contributed by atoms with Crippen molar-refractivity contribution in [3.8, 4) is 0 Å². The van der Waals surface area contributed by atoms with Crippen LogP contribution in [0.3, 0.4) is 0 Å². The predicted octanol–water partition coefficient (Wildman–Crippen LogP) is 3.47. The minimum atomic E-state index is 0.0719. The Balaban J connectivity index is 1.65. The normalized spacial score (nSPS) is 10.4. The van der Waals surface area contributed by atoms with Crippen molar-refractivity contribution in [2.24, 2.45) is 0 Å². The number of hydrogen-bond acceptors (Lipinski definition) is 2. The minimum absolute atomic E-state index is 0.0719. The van der Waals surface area contributed by atoms with Gasteiger partial charge >= 0.3 is 0 Å². The Bertz CT molecular complexity index is 511. The average Bonchev–Trinajstić information content (AvgIpc) is 2.92. The lowest BCUT2D eigenvalue weighted by atomic mass is 10.3. The molecule has 0 radical (unpaired) electrons. The van der Waals surface area contributed by atoms with Gasteiger partial charge in [0.1, 0.15) is 0 Å². The molecule has 0 saturated carbocycles. The third-order valence-electron chi connectivity index (χ3n) is 2.56. The van der Waals surface area contributed by atoms with Gasteiger partial charge in [-0.3, -0.25) is 4.79 Å². The Morgan fingerprint density at radius 2 is 2.05 bits per heavy atom. The molecule has 0 saturated heterocycles. The Morgan fingerprint density at radius 3 is 2.74 bits per heavy atom. The average molecular weight is 295 g/mol. The van der Waals surface area contributed by atoms with E-state index in [1.54, 1.807) is 11.8 Å². The molecule has 0 aliphatic heterocycles. The van der Waals surface area contributed by atoms with Gasteiger partial charge in [0.25, 0.3) is 0 Å². The number of hydrogen-bond donors (Lipinski definition) is 2. The molecular weight excluding hydrogens is 280 g/mol. The summed E-state index contributed by atoms with van der Waals surface area (Å²) in [6.45, 7) is 0.577. The molecule has 3 nitrogen and oxygen atoms in total. The lowest BCUT2D eigenvalue weighted by Gasteiger charge is -2.04. The number of thioether (sulfide) groups is 1. The van der Waals surface area contributed by atoms with Crippen molar-refractivity contribution in [3.05, 3.63) is 53.3 Å². The lowest BCUT2D eigenvalue weighted by Crippen LogP contribution is -2.22. The van der Waals surface area contributed by atoms with E-state index in [1.165, 1.54) is 0 Å². The lowest BCUT2D eigenvalue weighted by molar-refractivity contribution is -0.120. The van der Waals surface area contributed by atoms with Crippen molar-refractivity contribution < 1.29 is 4.79 Å². The Kier molecular flexibility index (Phi) is 5.36. The van der Waals surface area contributed by atoms with Gasteiger partial charge < -0.3 is 10.3 Å². The monoisotopic (exact) mass is 294 g/mol. The summed E-state index contributed by atoms with van der Waals surface area (Å²) in [5.41, 5.74) is 1.08. The maximum absolute atomic E-state index is 11.6. The van der Waals surface area contributed by atoms with Crippen LogP contribution in [0.2, 0.25) is 5.02 Å². The molecule has 0 atom stereocenters. The van der Waals surface area contributed by atoms with Crippen LogP contribution in [0.1, 0.15) is 12.0 Å². The zero-order valence-electron chi connectivity index (χ0n) is 10.4. The van der Waals surface area contributed by atoms with E-state index in [-0.39, 0.29) is 5.91 Å². The highest BCUT2D eigenvalue weighted by molar-refractivity contribution is 7.99. The molecule has 1 amide bonds. The van der Waals surface area contributed by atoms with Crippen LogP contribution < -0.4 is 5.32 Å². The van der Waals surface area contributed by atoms with E-state index >= 15 is 0 Å². The van der Waals surface area contributed by atoms with Gasteiger partial charge in [0.2, 0.25) is 5.91 Å². The first-order valence-electron chi connectivity index (χ1n) is 6.01. The molecule has 2 aromatic rings. The van der Waals surface area contributed by atoms with Crippen LogP contribution in [-0.2, 0) is 11.3 Å². The van der Waals surface area contributed by atoms with Crippen molar-refractivity contribution in [2.75, 3.05) is 5.75 Å². The highest BCUT2D eigenvalue weighted by Gasteiger charge is 2.02. The van der Waals surface area contributed by atoms with Gasteiger partial charge in [-0.2, -0.15) is 0 Å². The van der Waals surface area contributed by atoms with Crippen molar-refractivity contribution >= 4 is 29.3 Å². The third-order valence-corrected chi connectivity index (χ3v) is 3.83. The Morgan fingerprint density at radius 1 is 1.26 bits per heavy atom. The summed E-state index contributed by atoms with van der Waals surface area (Å²) in [6, 6.07) is 9.59. The number of carbonyl (C=O) groups is 1. The predicted molar refractivity (Wildman–Crippen MR) is 79.4 cm³/mol. The standard InChI is InChI=1S/C14H15ClN2OS/c15-12-1-3-13(4-2-12)19-8-6-14(18)17-10-11-5-7-16-9-11/h1-5,7,9,16H,6,8,10H2,(H,17,18). The van der Waals surface area contributed by atoms with Gasteiger partial charge in [0.05, 0.1) is 0 Å². The van der Waals surface area contributed by atoms with E-state index in [4.69, 9.17) is 11.6 Å². The second kappa shape index (κ2) is 7.26. The highest BCUT2D eigenvalue weighted by Crippen LogP contribution is 2.20. The summed E-state index contributed by atoms with van der Waals surface area (Å²) in [5.74, 6) is 0.836. The number of rotatable bonds is 6. The van der Waals surface area contributed by atoms with Crippen molar-refractivity contribution in [2.45, 2.75) is 17.9 Å². The van der Waals surface area contributed by atoms with Crippen LogP contribution in [0.4, 0.5) is 0 Å². The molecule has 0 bridgehead atoms. The second-order valence-electron chi connectivity index (χ2n) is 4.05. The SMILES string of the molecule is O=C(CCSc1ccc(Cl)cc1)NCc1cc[nH]c1. The summed E-state index contributed by atoms with van der Waals surface area (Å²) >= 11 is 7.47. The molecule has 0 aliphatic rings. The molecule has 0 spiro atoms. The highest BCUT2D eigenvalue weighted by atomic mass is 35.5. The number of benzene rings is 1. The summed E-state index contributed by atoms with van der Waals surface area (Å²) in [7, 11) is 0. The second-order valence-corrected chi connectivity index (χ2v) is 5.65. The summed E-state index contributed by atoms with van der Waals surface area (Å²) < 4.78 is 0. The molecule has 1 aromatic heterocycles. The minimum Gasteiger partial charge on any atom is -0.367 e. The van der Waals surface area contributed by atoms with Crippen LogP contribution >= 0.6 is 23.4 Å². The van der Waals surface area contributed by atoms with E-state index in [0.717, 1.165) is 21.2 Å². The maximum Gasteiger partial charge on any atom is 0.221 e. The third kappa shape index (κ3) is 5.01. The number of nitrogens with one attached hydrogen (secondary N) is 2. The molecule has 19 heavy (non-hydrogen) atoms. The molecule has 5 heteroatoms. The molecule has 2 rings (SSSR count). The zero-order valence-corrected chi connectivity index (χ0v) is 11.9. The molecule has 0 aliphatic carbocycles. The first-order chi connectivity index (χ1) is 9.24. The van der Waals surface area contributed by atoms with Crippen LogP contribution in [-0.4, -0.2) is 16.6 Å². The fourth-order valence-corrected chi connectivity index (χ4v) is 2.53. The molecule has 1 aromatic carbocycles. The molecule has 2 N–H and O–H groups in total. The maximum atomic E-state index is 11.6. The number of aromatic nitrogens is 1. The van der Waals surface area contributed by atoms with E-state index in [2.05, 4.69) is 10.3 Å². The summed E-state index contributed by atoms with van der Waals surface area (Å²) in [6.07, 6.45) is 4.23. The molecular formula is C14H15ClN2OS. The first-order valence-corrected chi connectivity index (χ1v) is 7.37. The smallest absolute Gasteiger partial charge is 0.221 e. The number of aromatic amines is 1.